The van der Waals surface area contributed by atoms with Crippen molar-refractivity contribution in [2.24, 2.45) is 11.7 Å². The number of nitriles is 1. The highest BCUT2D eigenvalue weighted by Crippen LogP contribution is 2.48. The van der Waals surface area contributed by atoms with Crippen molar-refractivity contribution >= 4 is 11.6 Å². The molecule has 0 amide bonds. The lowest BCUT2D eigenvalue weighted by molar-refractivity contribution is 0.0340. The summed E-state index contributed by atoms with van der Waals surface area (Å²) in [5, 5.41) is 10.4. The van der Waals surface area contributed by atoms with Crippen LogP contribution in [0.15, 0.2) is 53.9 Å². The van der Waals surface area contributed by atoms with Crippen molar-refractivity contribution in [2.45, 2.75) is 18.2 Å². The van der Waals surface area contributed by atoms with Gasteiger partial charge in [-0.15, -0.1) is 0 Å². The average Bonchev–Trinajstić information content (AvgIpc) is 3.33. The van der Waals surface area contributed by atoms with E-state index in [0.29, 0.717) is 16.3 Å². The summed E-state index contributed by atoms with van der Waals surface area (Å²) < 4.78 is 16.7. The second-order valence-electron chi connectivity index (χ2n) is 6.91. The fraction of sp³-hybridized carbons (Fsp3) is 0.250. The van der Waals surface area contributed by atoms with Crippen LogP contribution in [0.5, 0.6) is 11.5 Å². The van der Waals surface area contributed by atoms with E-state index in [0.717, 1.165) is 16.9 Å². The van der Waals surface area contributed by atoms with Gasteiger partial charge in [0.2, 0.25) is 12.7 Å². The molecule has 3 aliphatic heterocycles. The molecule has 3 heterocycles. The van der Waals surface area contributed by atoms with E-state index < -0.39 is 0 Å². The maximum Gasteiger partial charge on any atom is 0.231 e. The Bertz CT molecular complexity index is 1000. The largest absolute Gasteiger partial charge is 0.458 e. The van der Waals surface area contributed by atoms with E-state index in [9.17, 15) is 5.26 Å². The third kappa shape index (κ3) is 2.66. The van der Waals surface area contributed by atoms with Gasteiger partial charge >= 0.3 is 0 Å². The molecular formula is C20H17ClN4O3. The first kappa shape index (κ1) is 17.2. The molecule has 0 aliphatic carbocycles. The highest BCUT2D eigenvalue weighted by Gasteiger charge is 2.49. The summed E-state index contributed by atoms with van der Waals surface area (Å²) in [6.45, 7) is 0.218. The number of allylic oxidation sites excluding steroid dienone is 1. The molecule has 0 radical (unpaired) electrons. The maximum absolute atomic E-state index is 9.78. The Morgan fingerprint density at radius 1 is 1.04 bits per heavy atom. The number of hydrogen-bond donors (Lipinski definition) is 3. The molecule has 142 valence electrons. The predicted octanol–water partition coefficient (Wildman–Crippen LogP) is 2.67. The van der Waals surface area contributed by atoms with Gasteiger partial charge in [0.05, 0.1) is 11.6 Å². The first-order valence-electron chi connectivity index (χ1n) is 8.88. The molecule has 0 aromatic heterocycles. The normalized spacial score (nSPS) is 27.9. The van der Waals surface area contributed by atoms with Crippen molar-refractivity contribution in [1.29, 1.82) is 5.26 Å². The molecular weight excluding hydrogens is 380 g/mol. The fourth-order valence-electron chi connectivity index (χ4n) is 4.16. The third-order valence-corrected chi connectivity index (χ3v) is 5.69. The van der Waals surface area contributed by atoms with Crippen LogP contribution in [0.4, 0.5) is 0 Å². The number of nitrogens with one attached hydrogen (secondary N) is 2. The van der Waals surface area contributed by atoms with Crippen molar-refractivity contribution in [3.05, 3.63) is 70.1 Å². The number of rotatable bonds is 2. The Morgan fingerprint density at radius 3 is 2.57 bits per heavy atom. The second kappa shape index (κ2) is 6.60. The van der Waals surface area contributed by atoms with Crippen LogP contribution in [-0.2, 0) is 4.74 Å². The predicted molar refractivity (Wildman–Crippen MR) is 101 cm³/mol. The summed E-state index contributed by atoms with van der Waals surface area (Å²) in [5.41, 5.74) is 14.9. The van der Waals surface area contributed by atoms with Crippen LogP contribution < -0.4 is 26.1 Å². The molecule has 2 aromatic carbocycles. The monoisotopic (exact) mass is 396 g/mol. The Morgan fingerprint density at radius 2 is 1.79 bits per heavy atom. The van der Waals surface area contributed by atoms with Gasteiger partial charge < -0.3 is 19.9 Å². The number of benzene rings is 2. The Hall–Kier alpha value is -2.92. The standard InChI is InChI=1S/C20H17ClN4O3/c21-12-4-1-10(2-5-12)16-13(8-22)19(23)28-20-17(16)18(24-25-20)11-3-6-14-15(7-11)27-9-26-14/h1-7,16-18,20,24-25H,9,23H2. The van der Waals surface area contributed by atoms with E-state index in [4.69, 9.17) is 31.5 Å². The number of halogens is 1. The average molecular weight is 397 g/mol. The second-order valence-corrected chi connectivity index (χ2v) is 7.35. The van der Waals surface area contributed by atoms with Gasteiger partial charge in [0, 0.05) is 16.9 Å². The van der Waals surface area contributed by atoms with Gasteiger partial charge in [-0.3, -0.25) is 0 Å². The van der Waals surface area contributed by atoms with E-state index in [2.05, 4.69) is 16.9 Å². The van der Waals surface area contributed by atoms with Crippen LogP contribution in [0.1, 0.15) is 23.1 Å². The summed E-state index contributed by atoms with van der Waals surface area (Å²) in [7, 11) is 0. The lowest BCUT2D eigenvalue weighted by Gasteiger charge is -2.36. The van der Waals surface area contributed by atoms with Gasteiger partial charge in [-0.05, 0) is 35.4 Å². The van der Waals surface area contributed by atoms with Crippen LogP contribution in [0, 0.1) is 17.2 Å². The number of ether oxygens (including phenoxy) is 3. The molecule has 4 unspecified atom stereocenters. The first-order chi connectivity index (χ1) is 13.7. The summed E-state index contributed by atoms with van der Waals surface area (Å²) in [6, 6.07) is 15.4. The van der Waals surface area contributed by atoms with Gasteiger partial charge in [0.15, 0.2) is 17.7 Å². The molecule has 1 saturated heterocycles. The number of nitrogens with two attached hydrogens (primary N) is 1. The number of fused-ring (bicyclic) bond motifs is 2. The van der Waals surface area contributed by atoms with E-state index in [-0.39, 0.29) is 36.8 Å². The van der Waals surface area contributed by atoms with E-state index in [1.54, 1.807) is 0 Å². The van der Waals surface area contributed by atoms with E-state index >= 15 is 0 Å². The quantitative estimate of drug-likeness (QED) is 0.717. The van der Waals surface area contributed by atoms with Crippen molar-refractivity contribution in [2.75, 3.05) is 6.79 Å². The molecule has 1 fully saturated rings. The maximum atomic E-state index is 9.78. The molecule has 2 aromatic rings. The Balaban J connectivity index is 1.59. The minimum atomic E-state index is -0.381. The van der Waals surface area contributed by atoms with Gasteiger partial charge in [-0.2, -0.15) is 5.26 Å². The van der Waals surface area contributed by atoms with Gasteiger partial charge in [-0.25, -0.2) is 10.9 Å². The van der Waals surface area contributed by atoms with Crippen LogP contribution in [-0.4, -0.2) is 13.0 Å². The fourth-order valence-corrected chi connectivity index (χ4v) is 4.28. The number of hydrazine groups is 1. The van der Waals surface area contributed by atoms with Crippen LogP contribution >= 0.6 is 11.6 Å². The van der Waals surface area contributed by atoms with Crippen LogP contribution in [0.25, 0.3) is 0 Å². The molecule has 0 spiro atoms. The molecule has 4 N–H and O–H groups in total. The number of hydrogen-bond acceptors (Lipinski definition) is 7. The van der Waals surface area contributed by atoms with Gasteiger partial charge in [0.1, 0.15) is 6.07 Å². The summed E-state index contributed by atoms with van der Waals surface area (Å²) >= 11 is 6.06. The zero-order valence-corrected chi connectivity index (χ0v) is 15.4. The molecule has 8 heteroatoms. The Labute approximate surface area is 166 Å². The first-order valence-corrected chi connectivity index (χ1v) is 9.26. The van der Waals surface area contributed by atoms with Crippen molar-refractivity contribution in [1.82, 2.24) is 10.9 Å². The lowest BCUT2D eigenvalue weighted by Crippen LogP contribution is -2.40. The zero-order chi connectivity index (χ0) is 19.3. The molecule has 4 atom stereocenters. The topological polar surface area (TPSA) is 102 Å². The van der Waals surface area contributed by atoms with Crippen molar-refractivity contribution in [3.8, 4) is 17.6 Å². The zero-order valence-electron chi connectivity index (χ0n) is 14.7. The molecule has 0 saturated carbocycles. The smallest absolute Gasteiger partial charge is 0.231 e. The molecule has 28 heavy (non-hydrogen) atoms. The van der Waals surface area contributed by atoms with Crippen molar-refractivity contribution < 1.29 is 14.2 Å². The number of nitrogens with zero attached hydrogens (tertiary/aromatic N) is 1. The van der Waals surface area contributed by atoms with E-state index in [1.807, 2.05) is 42.5 Å². The highest BCUT2D eigenvalue weighted by molar-refractivity contribution is 6.30. The van der Waals surface area contributed by atoms with Gasteiger partial charge in [-0.1, -0.05) is 29.8 Å². The lowest BCUT2D eigenvalue weighted by atomic mass is 9.74. The van der Waals surface area contributed by atoms with Crippen LogP contribution in [0.2, 0.25) is 5.02 Å². The minimum absolute atomic E-state index is 0.108. The Kier molecular flexibility index (Phi) is 4.05. The van der Waals surface area contributed by atoms with Gasteiger partial charge in [0.25, 0.3) is 0 Å². The molecule has 0 bridgehead atoms. The SMILES string of the molecule is N#CC1=C(N)OC2NNC(c3ccc4c(c3)OCO4)C2C1c1ccc(Cl)cc1. The van der Waals surface area contributed by atoms with E-state index in [1.165, 1.54) is 0 Å². The molecule has 3 aliphatic rings. The molecule has 5 rings (SSSR count). The summed E-state index contributed by atoms with van der Waals surface area (Å²) in [6.07, 6.45) is -0.381. The molecule has 7 nitrogen and oxygen atoms in total. The minimum Gasteiger partial charge on any atom is -0.458 e. The third-order valence-electron chi connectivity index (χ3n) is 5.44. The summed E-state index contributed by atoms with van der Waals surface area (Å²) in [5.74, 6) is 1.21. The highest BCUT2D eigenvalue weighted by atomic mass is 35.5. The van der Waals surface area contributed by atoms with Crippen molar-refractivity contribution in [3.63, 3.8) is 0 Å². The summed E-state index contributed by atoms with van der Waals surface area (Å²) in [4.78, 5) is 0. The van der Waals surface area contributed by atoms with Crippen LogP contribution in [0.3, 0.4) is 0 Å².